The monoisotopic (exact) mass is 392 g/mol. The third-order valence-electron chi connectivity index (χ3n) is 4.36. The molecule has 0 aliphatic carbocycles. The van der Waals surface area contributed by atoms with E-state index in [1.165, 1.54) is 24.3 Å². The number of nitrogens with one attached hydrogen (secondary N) is 1. The number of anilines is 1. The first-order valence-corrected chi connectivity index (χ1v) is 10.7. The molecule has 2 aromatic rings. The second-order valence-corrected chi connectivity index (χ2v) is 8.38. The molecule has 27 heavy (non-hydrogen) atoms. The third kappa shape index (κ3) is 5.53. The van der Waals surface area contributed by atoms with Gasteiger partial charge in [-0.15, -0.1) is 0 Å². The topological polar surface area (TPSA) is 66.5 Å². The van der Waals surface area contributed by atoms with Crippen molar-refractivity contribution < 1.29 is 17.6 Å². The number of sulfonamides is 1. The summed E-state index contributed by atoms with van der Waals surface area (Å²) >= 11 is 0. The Labute approximate surface area is 160 Å². The van der Waals surface area contributed by atoms with Crippen molar-refractivity contribution in [2.24, 2.45) is 0 Å². The van der Waals surface area contributed by atoms with Gasteiger partial charge in [-0.25, -0.2) is 12.8 Å². The van der Waals surface area contributed by atoms with Crippen LogP contribution in [0.3, 0.4) is 0 Å². The van der Waals surface area contributed by atoms with Crippen LogP contribution in [0, 0.1) is 5.82 Å². The summed E-state index contributed by atoms with van der Waals surface area (Å²) in [5, 5.41) is 2.85. The molecule has 5 nitrogen and oxygen atoms in total. The van der Waals surface area contributed by atoms with Crippen LogP contribution < -0.4 is 9.62 Å². The fourth-order valence-electron chi connectivity index (χ4n) is 2.92. The van der Waals surface area contributed by atoms with Gasteiger partial charge in [0.15, 0.2) is 0 Å². The minimum absolute atomic E-state index is 0.0881. The first-order valence-electron chi connectivity index (χ1n) is 8.81. The molecule has 7 heteroatoms. The number of carbonyl (C=O) groups excluding carboxylic acids is 1. The summed E-state index contributed by atoms with van der Waals surface area (Å²) in [5.74, 6) is -0.762. The molecule has 2 rings (SSSR count). The average molecular weight is 392 g/mol. The van der Waals surface area contributed by atoms with Crippen molar-refractivity contribution in [2.75, 3.05) is 17.1 Å². The summed E-state index contributed by atoms with van der Waals surface area (Å²) < 4.78 is 38.9. The van der Waals surface area contributed by atoms with Gasteiger partial charge in [0, 0.05) is 6.54 Å². The van der Waals surface area contributed by atoms with E-state index in [1.54, 1.807) is 6.92 Å². The van der Waals surface area contributed by atoms with Crippen LogP contribution in [-0.4, -0.2) is 33.2 Å². The van der Waals surface area contributed by atoms with E-state index in [1.807, 2.05) is 37.3 Å². The Hall–Kier alpha value is -2.41. The molecule has 0 saturated carbocycles. The highest BCUT2D eigenvalue weighted by atomic mass is 32.2. The average Bonchev–Trinajstić information content (AvgIpc) is 2.64. The number of hydrogen-bond acceptors (Lipinski definition) is 3. The number of benzene rings is 2. The van der Waals surface area contributed by atoms with Gasteiger partial charge in [0.25, 0.3) is 0 Å². The standard InChI is InChI=1S/C20H25FN2O3S/c1-4-19(20(24)22-14-15(2)16-8-6-5-7-9-16)23(27(3,25)26)18-12-10-17(21)11-13-18/h5-13,15,19H,4,14H2,1-3H3,(H,22,24). The molecule has 146 valence electrons. The second kappa shape index (κ2) is 8.99. The molecular formula is C20H25FN2O3S. The highest BCUT2D eigenvalue weighted by Crippen LogP contribution is 2.23. The van der Waals surface area contributed by atoms with Crippen molar-refractivity contribution >= 4 is 21.6 Å². The summed E-state index contributed by atoms with van der Waals surface area (Å²) in [6.45, 7) is 4.12. The molecule has 0 aliphatic rings. The fourth-order valence-corrected chi connectivity index (χ4v) is 4.13. The number of nitrogens with zero attached hydrogens (tertiary/aromatic N) is 1. The first-order chi connectivity index (χ1) is 12.7. The maximum absolute atomic E-state index is 13.2. The van der Waals surface area contributed by atoms with Crippen LogP contribution in [0.25, 0.3) is 0 Å². The molecule has 0 fully saturated rings. The molecule has 1 amide bonds. The maximum Gasteiger partial charge on any atom is 0.243 e. The Morgan fingerprint density at radius 1 is 1.11 bits per heavy atom. The van der Waals surface area contributed by atoms with Crippen molar-refractivity contribution in [3.05, 3.63) is 66.0 Å². The minimum Gasteiger partial charge on any atom is -0.354 e. The van der Waals surface area contributed by atoms with Crippen LogP contribution in [0.1, 0.15) is 31.7 Å². The normalized spacial score (nSPS) is 13.6. The molecule has 2 atom stereocenters. The van der Waals surface area contributed by atoms with E-state index in [-0.39, 0.29) is 23.9 Å². The zero-order valence-electron chi connectivity index (χ0n) is 15.7. The fraction of sp³-hybridized carbons (Fsp3) is 0.350. The summed E-state index contributed by atoms with van der Waals surface area (Å²) in [6, 6.07) is 13.9. The summed E-state index contributed by atoms with van der Waals surface area (Å²) in [6.07, 6.45) is 1.33. The van der Waals surface area contributed by atoms with Crippen LogP contribution in [-0.2, 0) is 14.8 Å². The van der Waals surface area contributed by atoms with Crippen LogP contribution in [0.5, 0.6) is 0 Å². The quantitative estimate of drug-likeness (QED) is 0.750. The molecule has 0 aliphatic heterocycles. The van der Waals surface area contributed by atoms with Gasteiger partial charge in [0.2, 0.25) is 15.9 Å². The molecule has 0 aromatic heterocycles. The summed E-state index contributed by atoms with van der Waals surface area (Å²) in [7, 11) is -3.73. The van der Waals surface area contributed by atoms with Gasteiger partial charge in [-0.1, -0.05) is 44.2 Å². The van der Waals surface area contributed by atoms with Crippen LogP contribution in [0.4, 0.5) is 10.1 Å². The van der Waals surface area contributed by atoms with Crippen molar-refractivity contribution in [2.45, 2.75) is 32.2 Å². The lowest BCUT2D eigenvalue weighted by Gasteiger charge is -2.30. The Morgan fingerprint density at radius 3 is 2.22 bits per heavy atom. The van der Waals surface area contributed by atoms with E-state index >= 15 is 0 Å². The second-order valence-electron chi connectivity index (χ2n) is 6.52. The van der Waals surface area contributed by atoms with Crippen molar-refractivity contribution in [3.63, 3.8) is 0 Å². The van der Waals surface area contributed by atoms with Crippen molar-refractivity contribution in [3.8, 4) is 0 Å². The SMILES string of the molecule is CCC(C(=O)NCC(C)c1ccccc1)N(c1ccc(F)cc1)S(C)(=O)=O. The van der Waals surface area contributed by atoms with Gasteiger partial charge >= 0.3 is 0 Å². The van der Waals surface area contributed by atoms with E-state index < -0.39 is 21.9 Å². The molecule has 0 radical (unpaired) electrons. The van der Waals surface area contributed by atoms with Crippen molar-refractivity contribution in [1.29, 1.82) is 0 Å². The smallest absolute Gasteiger partial charge is 0.243 e. The van der Waals surface area contributed by atoms with E-state index in [2.05, 4.69) is 5.32 Å². The minimum atomic E-state index is -3.73. The van der Waals surface area contributed by atoms with Gasteiger partial charge in [-0.05, 0) is 42.2 Å². The van der Waals surface area contributed by atoms with E-state index in [4.69, 9.17) is 0 Å². The van der Waals surface area contributed by atoms with Crippen LogP contribution in [0.2, 0.25) is 0 Å². The number of hydrogen-bond donors (Lipinski definition) is 1. The Kier molecular flexibility index (Phi) is 6.96. The van der Waals surface area contributed by atoms with Gasteiger partial charge in [-0.3, -0.25) is 9.10 Å². The number of halogens is 1. The number of amides is 1. The molecule has 0 saturated heterocycles. The molecule has 1 N–H and O–H groups in total. The molecule has 0 heterocycles. The third-order valence-corrected chi connectivity index (χ3v) is 5.54. The lowest BCUT2D eigenvalue weighted by atomic mass is 10.0. The lowest BCUT2D eigenvalue weighted by Crippen LogP contribution is -2.49. The van der Waals surface area contributed by atoms with Gasteiger partial charge in [-0.2, -0.15) is 0 Å². The predicted molar refractivity (Wildman–Crippen MR) is 106 cm³/mol. The Balaban J connectivity index is 2.18. The molecule has 0 spiro atoms. The highest BCUT2D eigenvalue weighted by molar-refractivity contribution is 7.92. The Morgan fingerprint density at radius 2 is 1.70 bits per heavy atom. The molecule has 0 bridgehead atoms. The molecular weight excluding hydrogens is 367 g/mol. The van der Waals surface area contributed by atoms with Crippen molar-refractivity contribution in [1.82, 2.24) is 5.32 Å². The van der Waals surface area contributed by atoms with Crippen LogP contribution >= 0.6 is 0 Å². The van der Waals surface area contributed by atoms with Gasteiger partial charge < -0.3 is 5.32 Å². The van der Waals surface area contributed by atoms with E-state index in [0.717, 1.165) is 16.1 Å². The van der Waals surface area contributed by atoms with Gasteiger partial charge in [0.1, 0.15) is 11.9 Å². The maximum atomic E-state index is 13.2. The largest absolute Gasteiger partial charge is 0.354 e. The molecule has 2 unspecified atom stereocenters. The Bertz CT molecular complexity index is 855. The van der Waals surface area contributed by atoms with Gasteiger partial charge in [0.05, 0.1) is 11.9 Å². The molecule has 2 aromatic carbocycles. The zero-order valence-corrected chi connectivity index (χ0v) is 16.5. The number of rotatable bonds is 8. The zero-order chi connectivity index (χ0) is 20.0. The summed E-state index contributed by atoms with van der Waals surface area (Å²) in [5.41, 5.74) is 1.35. The predicted octanol–water partition coefficient (Wildman–Crippen LogP) is 3.29. The van der Waals surface area contributed by atoms with Crippen LogP contribution in [0.15, 0.2) is 54.6 Å². The first kappa shape index (κ1) is 20.9. The van der Waals surface area contributed by atoms with E-state index in [9.17, 15) is 17.6 Å². The highest BCUT2D eigenvalue weighted by Gasteiger charge is 2.31. The van der Waals surface area contributed by atoms with E-state index in [0.29, 0.717) is 6.54 Å². The number of carbonyl (C=O) groups is 1. The summed E-state index contributed by atoms with van der Waals surface area (Å²) in [4.78, 5) is 12.7. The lowest BCUT2D eigenvalue weighted by molar-refractivity contribution is -0.122.